The SMILES string of the molecule is CCN(CCNC(=O)c1cc(-c2ccc(C)cc2)no1)C(C)C. The molecular weight excluding hydrogens is 290 g/mol. The highest BCUT2D eigenvalue weighted by Crippen LogP contribution is 2.19. The quantitative estimate of drug-likeness (QED) is 0.853. The third-order valence-corrected chi connectivity index (χ3v) is 3.90. The van der Waals surface area contributed by atoms with E-state index >= 15 is 0 Å². The van der Waals surface area contributed by atoms with Crippen LogP contribution < -0.4 is 5.32 Å². The van der Waals surface area contributed by atoms with Gasteiger partial charge in [0.15, 0.2) is 0 Å². The van der Waals surface area contributed by atoms with Gasteiger partial charge in [-0.1, -0.05) is 41.9 Å². The summed E-state index contributed by atoms with van der Waals surface area (Å²) in [6.07, 6.45) is 0. The van der Waals surface area contributed by atoms with E-state index in [1.165, 1.54) is 5.56 Å². The van der Waals surface area contributed by atoms with Crippen molar-refractivity contribution in [2.75, 3.05) is 19.6 Å². The van der Waals surface area contributed by atoms with Crippen molar-refractivity contribution < 1.29 is 9.32 Å². The molecule has 0 saturated heterocycles. The summed E-state index contributed by atoms with van der Waals surface area (Å²) in [5, 5.41) is 6.86. The Morgan fingerprint density at radius 3 is 2.61 bits per heavy atom. The Bertz CT molecular complexity index is 632. The summed E-state index contributed by atoms with van der Waals surface area (Å²) in [6, 6.07) is 10.1. The second-order valence-electron chi connectivity index (χ2n) is 5.92. The maximum Gasteiger partial charge on any atom is 0.289 e. The van der Waals surface area contributed by atoms with E-state index in [1.54, 1.807) is 6.07 Å². The van der Waals surface area contributed by atoms with Crippen molar-refractivity contribution in [3.8, 4) is 11.3 Å². The van der Waals surface area contributed by atoms with Gasteiger partial charge in [-0.2, -0.15) is 0 Å². The molecule has 23 heavy (non-hydrogen) atoms. The first-order chi connectivity index (χ1) is 11.0. The molecule has 2 rings (SSSR count). The van der Waals surface area contributed by atoms with Gasteiger partial charge < -0.3 is 9.84 Å². The lowest BCUT2D eigenvalue weighted by atomic mass is 10.1. The number of aryl methyl sites for hydroxylation is 1. The number of hydrogen-bond donors (Lipinski definition) is 1. The number of nitrogens with zero attached hydrogens (tertiary/aromatic N) is 2. The Morgan fingerprint density at radius 2 is 2.00 bits per heavy atom. The summed E-state index contributed by atoms with van der Waals surface area (Å²) in [4.78, 5) is 14.4. The van der Waals surface area contributed by atoms with E-state index < -0.39 is 0 Å². The standard InChI is InChI=1S/C18H25N3O2/c1-5-21(13(2)3)11-10-19-18(22)17-12-16(20-23-17)15-8-6-14(4)7-9-15/h6-9,12-13H,5,10-11H2,1-4H3,(H,19,22). The van der Waals surface area contributed by atoms with E-state index in [0.717, 1.165) is 18.7 Å². The topological polar surface area (TPSA) is 58.4 Å². The van der Waals surface area contributed by atoms with Gasteiger partial charge in [-0.3, -0.25) is 9.69 Å². The molecule has 124 valence electrons. The Kier molecular flexibility index (Phi) is 5.93. The molecule has 1 heterocycles. The molecule has 0 atom stereocenters. The minimum absolute atomic E-state index is 0.226. The lowest BCUT2D eigenvalue weighted by Crippen LogP contribution is -2.38. The minimum Gasteiger partial charge on any atom is -0.350 e. The van der Waals surface area contributed by atoms with E-state index in [1.807, 2.05) is 31.2 Å². The molecule has 0 aliphatic carbocycles. The summed E-state index contributed by atoms with van der Waals surface area (Å²) in [6.45, 7) is 10.8. The number of benzene rings is 1. The average molecular weight is 315 g/mol. The number of rotatable bonds is 7. The molecule has 1 amide bonds. The lowest BCUT2D eigenvalue weighted by Gasteiger charge is -2.24. The first-order valence-electron chi connectivity index (χ1n) is 8.07. The molecule has 5 heteroatoms. The molecule has 1 aromatic heterocycles. The fraction of sp³-hybridized carbons (Fsp3) is 0.444. The van der Waals surface area contributed by atoms with Crippen molar-refractivity contribution in [3.05, 3.63) is 41.7 Å². The van der Waals surface area contributed by atoms with Crippen molar-refractivity contribution in [2.45, 2.75) is 33.7 Å². The van der Waals surface area contributed by atoms with Crippen molar-refractivity contribution in [1.82, 2.24) is 15.4 Å². The van der Waals surface area contributed by atoms with Crippen LogP contribution in [0.25, 0.3) is 11.3 Å². The van der Waals surface area contributed by atoms with Crippen LogP contribution in [0.3, 0.4) is 0 Å². The van der Waals surface area contributed by atoms with Gasteiger partial charge in [0.2, 0.25) is 5.76 Å². The molecule has 0 bridgehead atoms. The molecule has 0 aliphatic rings. The molecule has 0 fully saturated rings. The minimum atomic E-state index is -0.226. The van der Waals surface area contributed by atoms with Crippen LogP contribution in [0.4, 0.5) is 0 Å². The molecular formula is C18H25N3O2. The van der Waals surface area contributed by atoms with Gasteiger partial charge in [0.05, 0.1) is 0 Å². The maximum atomic E-state index is 12.1. The van der Waals surface area contributed by atoms with Crippen LogP contribution in [0.5, 0.6) is 0 Å². The second-order valence-corrected chi connectivity index (χ2v) is 5.92. The van der Waals surface area contributed by atoms with Crippen molar-refractivity contribution >= 4 is 5.91 Å². The Balaban J connectivity index is 1.92. The predicted octanol–water partition coefficient (Wildman–Crippen LogP) is 3.11. The highest BCUT2D eigenvalue weighted by Gasteiger charge is 2.14. The van der Waals surface area contributed by atoms with E-state index in [0.29, 0.717) is 18.3 Å². The third kappa shape index (κ3) is 4.66. The van der Waals surface area contributed by atoms with Crippen LogP contribution in [0, 0.1) is 6.92 Å². The van der Waals surface area contributed by atoms with Crippen LogP contribution in [0.15, 0.2) is 34.9 Å². The fourth-order valence-corrected chi connectivity index (χ4v) is 2.42. The number of nitrogens with one attached hydrogen (secondary N) is 1. The van der Waals surface area contributed by atoms with Crippen LogP contribution in [0.2, 0.25) is 0 Å². The zero-order valence-electron chi connectivity index (χ0n) is 14.3. The summed E-state index contributed by atoms with van der Waals surface area (Å²) in [5.74, 6) is 0.0174. The molecule has 5 nitrogen and oxygen atoms in total. The second kappa shape index (κ2) is 7.92. The Labute approximate surface area is 137 Å². The highest BCUT2D eigenvalue weighted by atomic mass is 16.5. The molecule has 0 spiro atoms. The molecule has 0 radical (unpaired) electrons. The zero-order valence-corrected chi connectivity index (χ0v) is 14.3. The monoisotopic (exact) mass is 315 g/mol. The Hall–Kier alpha value is -2.14. The number of aromatic nitrogens is 1. The summed E-state index contributed by atoms with van der Waals surface area (Å²) >= 11 is 0. The van der Waals surface area contributed by atoms with Gasteiger partial charge in [0, 0.05) is 30.8 Å². The van der Waals surface area contributed by atoms with Crippen LogP contribution in [-0.4, -0.2) is 41.6 Å². The smallest absolute Gasteiger partial charge is 0.289 e. The first kappa shape index (κ1) is 17.2. The number of carbonyl (C=O) groups excluding carboxylic acids is 1. The van der Waals surface area contributed by atoms with Gasteiger partial charge in [0.1, 0.15) is 5.69 Å². The number of carbonyl (C=O) groups is 1. The van der Waals surface area contributed by atoms with Gasteiger partial charge in [-0.25, -0.2) is 0 Å². The maximum absolute atomic E-state index is 12.1. The van der Waals surface area contributed by atoms with E-state index in [-0.39, 0.29) is 11.7 Å². The number of likely N-dealkylation sites (N-methyl/N-ethyl adjacent to an activating group) is 1. The van der Waals surface area contributed by atoms with Gasteiger partial charge in [-0.15, -0.1) is 0 Å². The third-order valence-electron chi connectivity index (χ3n) is 3.90. The predicted molar refractivity (Wildman–Crippen MR) is 91.4 cm³/mol. The van der Waals surface area contributed by atoms with E-state index in [9.17, 15) is 4.79 Å². The lowest BCUT2D eigenvalue weighted by molar-refractivity contribution is 0.0909. The van der Waals surface area contributed by atoms with E-state index in [2.05, 4.69) is 36.1 Å². The van der Waals surface area contributed by atoms with Gasteiger partial charge in [0.25, 0.3) is 5.91 Å². The fourth-order valence-electron chi connectivity index (χ4n) is 2.42. The van der Waals surface area contributed by atoms with Crippen molar-refractivity contribution in [1.29, 1.82) is 0 Å². The summed E-state index contributed by atoms with van der Waals surface area (Å²) in [5.41, 5.74) is 2.80. The molecule has 1 N–H and O–H groups in total. The Morgan fingerprint density at radius 1 is 1.30 bits per heavy atom. The normalized spacial score (nSPS) is 11.2. The van der Waals surface area contributed by atoms with E-state index in [4.69, 9.17) is 4.52 Å². The number of hydrogen-bond acceptors (Lipinski definition) is 4. The van der Waals surface area contributed by atoms with Gasteiger partial charge >= 0.3 is 0 Å². The largest absolute Gasteiger partial charge is 0.350 e. The van der Waals surface area contributed by atoms with Crippen LogP contribution >= 0.6 is 0 Å². The molecule has 1 aromatic carbocycles. The van der Waals surface area contributed by atoms with Crippen molar-refractivity contribution in [3.63, 3.8) is 0 Å². The molecule has 0 aliphatic heterocycles. The molecule has 0 saturated carbocycles. The summed E-state index contributed by atoms with van der Waals surface area (Å²) in [7, 11) is 0. The molecule has 0 unspecified atom stereocenters. The zero-order chi connectivity index (χ0) is 16.8. The van der Waals surface area contributed by atoms with Crippen molar-refractivity contribution in [2.24, 2.45) is 0 Å². The average Bonchev–Trinajstić information content (AvgIpc) is 3.01. The van der Waals surface area contributed by atoms with Gasteiger partial charge in [-0.05, 0) is 27.3 Å². The number of amides is 1. The summed E-state index contributed by atoms with van der Waals surface area (Å²) < 4.78 is 5.17. The van der Waals surface area contributed by atoms with Crippen LogP contribution in [-0.2, 0) is 0 Å². The molecule has 2 aromatic rings. The first-order valence-corrected chi connectivity index (χ1v) is 8.07. The highest BCUT2D eigenvalue weighted by molar-refractivity contribution is 5.92. The van der Waals surface area contributed by atoms with Crippen LogP contribution in [0.1, 0.15) is 36.9 Å².